The first-order valence-corrected chi connectivity index (χ1v) is 7.49. The zero-order valence-electron chi connectivity index (χ0n) is 12.2. The Morgan fingerprint density at radius 2 is 2.05 bits per heavy atom. The van der Waals surface area contributed by atoms with Gasteiger partial charge >= 0.3 is 0 Å². The van der Waals surface area contributed by atoms with Gasteiger partial charge in [-0.15, -0.1) is 0 Å². The van der Waals surface area contributed by atoms with E-state index in [2.05, 4.69) is 15.5 Å². The lowest BCUT2D eigenvalue weighted by atomic mass is 9.79. The van der Waals surface area contributed by atoms with Crippen molar-refractivity contribution in [1.29, 1.82) is 0 Å². The fraction of sp³-hybridized carbons (Fsp3) is 0.714. The first kappa shape index (κ1) is 14.0. The topological polar surface area (TPSA) is 88.3 Å². The van der Waals surface area contributed by atoms with Crippen LogP contribution in [0.4, 0.5) is 0 Å². The third-order valence-corrected chi connectivity index (χ3v) is 4.29. The molecule has 0 unspecified atom stereocenters. The highest BCUT2D eigenvalue weighted by molar-refractivity contribution is 5.98. The van der Waals surface area contributed by atoms with Crippen molar-refractivity contribution in [3.8, 4) is 0 Å². The fourth-order valence-corrected chi connectivity index (χ4v) is 3.26. The molecule has 2 fully saturated rings. The van der Waals surface area contributed by atoms with Crippen LogP contribution in [-0.4, -0.2) is 45.5 Å². The highest BCUT2D eigenvalue weighted by Crippen LogP contribution is 2.31. The zero-order chi connectivity index (χ0) is 14.9. The van der Waals surface area contributed by atoms with E-state index in [1.54, 1.807) is 11.8 Å². The molecule has 2 aliphatic rings. The summed E-state index contributed by atoms with van der Waals surface area (Å²) in [6.45, 7) is 2.30. The summed E-state index contributed by atoms with van der Waals surface area (Å²) < 4.78 is 4.92. The smallest absolute Gasteiger partial charge is 0.248 e. The molecule has 0 aromatic carbocycles. The molecular weight excluding hydrogens is 272 g/mol. The van der Waals surface area contributed by atoms with Crippen molar-refractivity contribution >= 4 is 11.8 Å². The molecule has 0 radical (unpaired) electrons. The number of aryl methyl sites for hydroxylation is 1. The van der Waals surface area contributed by atoms with Gasteiger partial charge in [0.1, 0.15) is 5.54 Å². The third kappa shape index (κ3) is 2.77. The van der Waals surface area contributed by atoms with Gasteiger partial charge in [-0.05, 0) is 12.8 Å². The van der Waals surface area contributed by atoms with Crippen LogP contribution >= 0.6 is 0 Å². The van der Waals surface area contributed by atoms with E-state index in [1.807, 2.05) is 0 Å². The molecule has 3 rings (SSSR count). The lowest BCUT2D eigenvalue weighted by Gasteiger charge is -2.44. The Balaban J connectivity index is 1.69. The van der Waals surface area contributed by atoms with Crippen molar-refractivity contribution in [2.45, 2.75) is 51.0 Å². The summed E-state index contributed by atoms with van der Waals surface area (Å²) in [6, 6.07) is 0. The predicted molar refractivity (Wildman–Crippen MR) is 73.3 cm³/mol. The van der Waals surface area contributed by atoms with Crippen LogP contribution < -0.4 is 5.32 Å². The quantitative estimate of drug-likeness (QED) is 0.880. The van der Waals surface area contributed by atoms with Crippen LogP contribution in [0.3, 0.4) is 0 Å². The molecule has 0 atom stereocenters. The van der Waals surface area contributed by atoms with Gasteiger partial charge in [0.2, 0.25) is 17.7 Å². The van der Waals surface area contributed by atoms with Gasteiger partial charge in [0.15, 0.2) is 5.82 Å². The maximum atomic E-state index is 12.7. The van der Waals surface area contributed by atoms with Gasteiger partial charge in [0.25, 0.3) is 0 Å². The van der Waals surface area contributed by atoms with E-state index in [1.165, 1.54) is 0 Å². The second-order valence-corrected chi connectivity index (χ2v) is 5.90. The molecule has 1 saturated carbocycles. The minimum Gasteiger partial charge on any atom is -0.340 e. The Labute approximate surface area is 123 Å². The van der Waals surface area contributed by atoms with Crippen molar-refractivity contribution in [1.82, 2.24) is 20.4 Å². The van der Waals surface area contributed by atoms with Crippen LogP contribution in [-0.2, 0) is 16.0 Å². The molecule has 1 aromatic rings. The van der Waals surface area contributed by atoms with Crippen molar-refractivity contribution in [3.05, 3.63) is 11.7 Å². The molecule has 1 N–H and O–H groups in total. The van der Waals surface area contributed by atoms with Gasteiger partial charge < -0.3 is 14.7 Å². The van der Waals surface area contributed by atoms with Crippen molar-refractivity contribution in [3.63, 3.8) is 0 Å². The number of carbonyl (C=O) groups excluding carboxylic acids is 2. The Hall–Kier alpha value is -1.92. The van der Waals surface area contributed by atoms with Crippen molar-refractivity contribution in [2.75, 3.05) is 13.1 Å². The van der Waals surface area contributed by atoms with Gasteiger partial charge in [0.05, 0.1) is 6.54 Å². The Kier molecular flexibility index (Phi) is 3.65. The maximum absolute atomic E-state index is 12.7. The Bertz CT molecular complexity index is 548. The third-order valence-electron chi connectivity index (χ3n) is 4.29. The van der Waals surface area contributed by atoms with Crippen LogP contribution in [0.5, 0.6) is 0 Å². The number of piperazine rings is 1. The van der Waals surface area contributed by atoms with E-state index >= 15 is 0 Å². The molecule has 7 nitrogen and oxygen atoms in total. The Morgan fingerprint density at radius 3 is 2.71 bits per heavy atom. The lowest BCUT2D eigenvalue weighted by Crippen LogP contribution is -2.67. The fourth-order valence-electron chi connectivity index (χ4n) is 3.26. The second-order valence-electron chi connectivity index (χ2n) is 5.90. The van der Waals surface area contributed by atoms with E-state index < -0.39 is 5.54 Å². The number of hydrogen-bond acceptors (Lipinski definition) is 5. The summed E-state index contributed by atoms with van der Waals surface area (Å²) in [4.78, 5) is 30.4. The summed E-state index contributed by atoms with van der Waals surface area (Å²) in [5.41, 5.74) is -0.666. The van der Waals surface area contributed by atoms with Gasteiger partial charge in [0, 0.05) is 19.9 Å². The normalized spacial score (nSPS) is 21.7. The number of nitrogens with one attached hydrogen (secondary N) is 1. The largest absolute Gasteiger partial charge is 0.340 e. The average molecular weight is 292 g/mol. The molecule has 2 amide bonds. The summed E-state index contributed by atoms with van der Waals surface area (Å²) in [5, 5.41) is 6.76. The van der Waals surface area contributed by atoms with Crippen molar-refractivity contribution < 1.29 is 14.1 Å². The molecule has 1 spiro atoms. The van der Waals surface area contributed by atoms with Crippen LogP contribution in [0.25, 0.3) is 0 Å². The second kappa shape index (κ2) is 5.46. The first-order chi connectivity index (χ1) is 10.1. The summed E-state index contributed by atoms with van der Waals surface area (Å²) in [7, 11) is 0. The van der Waals surface area contributed by atoms with Crippen molar-refractivity contribution in [2.24, 2.45) is 0 Å². The molecule has 1 aliphatic carbocycles. The molecule has 1 aromatic heterocycles. The van der Waals surface area contributed by atoms with Gasteiger partial charge in [-0.3, -0.25) is 9.59 Å². The van der Waals surface area contributed by atoms with E-state index in [4.69, 9.17) is 4.52 Å². The Morgan fingerprint density at radius 1 is 1.29 bits per heavy atom. The van der Waals surface area contributed by atoms with Crippen LogP contribution in [0.15, 0.2) is 4.52 Å². The van der Waals surface area contributed by atoms with E-state index in [0.29, 0.717) is 24.7 Å². The number of nitrogens with zero attached hydrogens (tertiary/aromatic N) is 3. The molecule has 21 heavy (non-hydrogen) atoms. The maximum Gasteiger partial charge on any atom is 0.248 e. The standard InChI is InChI=1S/C14H20N4O3/c1-10-15-11(17-21-10)5-8-18-9-12(19)16-14(13(18)20)6-3-2-4-7-14/h2-9H2,1H3,(H,16,19). The van der Waals surface area contributed by atoms with E-state index in [9.17, 15) is 9.59 Å². The van der Waals surface area contributed by atoms with Crippen LogP contribution in [0.1, 0.15) is 43.8 Å². The molecule has 1 aliphatic heterocycles. The first-order valence-electron chi connectivity index (χ1n) is 7.49. The molecular formula is C14H20N4O3. The minimum absolute atomic E-state index is 0.0435. The summed E-state index contributed by atoms with van der Waals surface area (Å²) in [6.07, 6.45) is 5.11. The molecule has 0 bridgehead atoms. The predicted octanol–water partition coefficient (Wildman–Crippen LogP) is 0.582. The summed E-state index contributed by atoms with van der Waals surface area (Å²) >= 11 is 0. The number of carbonyl (C=O) groups is 2. The zero-order valence-corrected chi connectivity index (χ0v) is 12.2. The highest BCUT2D eigenvalue weighted by Gasteiger charge is 2.46. The number of amides is 2. The highest BCUT2D eigenvalue weighted by atomic mass is 16.5. The SMILES string of the molecule is Cc1nc(CCN2CC(=O)NC3(CCCCC3)C2=O)no1. The lowest BCUT2D eigenvalue weighted by molar-refractivity contribution is -0.151. The summed E-state index contributed by atoms with van der Waals surface area (Å²) in [5.74, 6) is 1.06. The van der Waals surface area contributed by atoms with Gasteiger partial charge in [-0.1, -0.05) is 24.4 Å². The minimum atomic E-state index is -0.666. The monoisotopic (exact) mass is 292 g/mol. The van der Waals surface area contributed by atoms with Gasteiger partial charge in [-0.2, -0.15) is 4.98 Å². The van der Waals surface area contributed by atoms with Crippen LogP contribution in [0, 0.1) is 6.92 Å². The molecule has 1 saturated heterocycles. The molecule has 7 heteroatoms. The average Bonchev–Trinajstić information content (AvgIpc) is 2.88. The molecule has 114 valence electrons. The number of hydrogen-bond donors (Lipinski definition) is 1. The van der Waals surface area contributed by atoms with Gasteiger partial charge in [-0.25, -0.2) is 0 Å². The van der Waals surface area contributed by atoms with E-state index in [-0.39, 0.29) is 18.4 Å². The van der Waals surface area contributed by atoms with E-state index in [0.717, 1.165) is 32.1 Å². The van der Waals surface area contributed by atoms with Crippen LogP contribution in [0.2, 0.25) is 0 Å². The molecule has 2 heterocycles. The number of aromatic nitrogens is 2. The number of rotatable bonds is 3.